The summed E-state index contributed by atoms with van der Waals surface area (Å²) >= 11 is 0. The second-order valence-electron chi connectivity index (χ2n) is 5.12. The van der Waals surface area contributed by atoms with Gasteiger partial charge in [0.15, 0.2) is 0 Å². The maximum absolute atomic E-state index is 4.48. The summed E-state index contributed by atoms with van der Waals surface area (Å²) in [5, 5.41) is 1.11. The third-order valence-corrected chi connectivity index (χ3v) is 3.29. The van der Waals surface area contributed by atoms with Crippen molar-refractivity contribution in [3.8, 4) is 11.3 Å². The van der Waals surface area contributed by atoms with Crippen LogP contribution < -0.4 is 0 Å². The molecule has 0 aliphatic carbocycles. The fourth-order valence-electron chi connectivity index (χ4n) is 2.51. The zero-order chi connectivity index (χ0) is 13.4. The van der Waals surface area contributed by atoms with Crippen molar-refractivity contribution in [2.45, 2.75) is 20.8 Å². The Bertz CT molecular complexity index is 740. The lowest BCUT2D eigenvalue weighted by atomic mass is 10.0. The van der Waals surface area contributed by atoms with Crippen LogP contribution in [-0.4, -0.2) is 9.97 Å². The van der Waals surface area contributed by atoms with Gasteiger partial charge in [0, 0.05) is 10.9 Å². The number of benzene rings is 2. The van der Waals surface area contributed by atoms with E-state index < -0.39 is 0 Å². The molecule has 0 saturated carbocycles. The van der Waals surface area contributed by atoms with Crippen LogP contribution in [0.15, 0.2) is 42.7 Å². The molecule has 2 aromatic carbocycles. The Morgan fingerprint density at radius 3 is 2.21 bits per heavy atom. The van der Waals surface area contributed by atoms with Gasteiger partial charge < -0.3 is 0 Å². The highest BCUT2D eigenvalue weighted by atomic mass is 14.8. The maximum Gasteiger partial charge on any atom is 0.116 e. The van der Waals surface area contributed by atoms with E-state index in [1.54, 1.807) is 6.33 Å². The Hall–Kier alpha value is -2.22. The minimum absolute atomic E-state index is 1.00. The number of fused-ring (bicyclic) bond motifs is 1. The SMILES string of the molecule is Cc1cc(C)cc(-c2ncnc3cc(C)ccc23)c1. The summed E-state index contributed by atoms with van der Waals surface area (Å²) in [5.41, 5.74) is 6.91. The minimum Gasteiger partial charge on any atom is -0.236 e. The van der Waals surface area contributed by atoms with Crippen molar-refractivity contribution in [1.29, 1.82) is 0 Å². The topological polar surface area (TPSA) is 25.8 Å². The normalized spacial score (nSPS) is 10.9. The number of aryl methyl sites for hydroxylation is 3. The molecule has 1 aromatic heterocycles. The molecule has 2 nitrogen and oxygen atoms in total. The highest BCUT2D eigenvalue weighted by molar-refractivity contribution is 5.92. The molecule has 1 heterocycles. The lowest BCUT2D eigenvalue weighted by Gasteiger charge is -2.08. The van der Waals surface area contributed by atoms with Crippen molar-refractivity contribution in [1.82, 2.24) is 9.97 Å². The number of nitrogens with zero attached hydrogens (tertiary/aromatic N) is 2. The van der Waals surface area contributed by atoms with Crippen molar-refractivity contribution in [2.24, 2.45) is 0 Å². The van der Waals surface area contributed by atoms with Gasteiger partial charge in [0.25, 0.3) is 0 Å². The van der Waals surface area contributed by atoms with E-state index >= 15 is 0 Å². The second kappa shape index (κ2) is 4.47. The summed E-state index contributed by atoms with van der Waals surface area (Å²) < 4.78 is 0. The summed E-state index contributed by atoms with van der Waals surface area (Å²) in [6, 6.07) is 12.8. The number of hydrogen-bond donors (Lipinski definition) is 0. The maximum atomic E-state index is 4.48. The molecule has 0 aliphatic rings. The summed E-state index contributed by atoms with van der Waals surface area (Å²) in [7, 11) is 0. The van der Waals surface area contributed by atoms with E-state index in [0.29, 0.717) is 0 Å². The molecule has 0 spiro atoms. The van der Waals surface area contributed by atoms with Crippen molar-refractivity contribution >= 4 is 10.9 Å². The second-order valence-corrected chi connectivity index (χ2v) is 5.12. The molecule has 19 heavy (non-hydrogen) atoms. The van der Waals surface area contributed by atoms with E-state index in [1.807, 2.05) is 0 Å². The first-order valence-corrected chi connectivity index (χ1v) is 6.43. The molecule has 2 heteroatoms. The van der Waals surface area contributed by atoms with E-state index in [0.717, 1.165) is 22.2 Å². The van der Waals surface area contributed by atoms with Crippen LogP contribution in [0.2, 0.25) is 0 Å². The molecule has 0 unspecified atom stereocenters. The molecule has 0 radical (unpaired) electrons. The van der Waals surface area contributed by atoms with E-state index in [2.05, 4.69) is 67.1 Å². The largest absolute Gasteiger partial charge is 0.236 e. The van der Waals surface area contributed by atoms with Gasteiger partial charge in [-0.3, -0.25) is 0 Å². The Morgan fingerprint density at radius 2 is 1.47 bits per heavy atom. The smallest absolute Gasteiger partial charge is 0.116 e. The van der Waals surface area contributed by atoms with E-state index in [4.69, 9.17) is 0 Å². The predicted molar refractivity (Wildman–Crippen MR) is 79.2 cm³/mol. The van der Waals surface area contributed by atoms with Crippen molar-refractivity contribution in [3.63, 3.8) is 0 Å². The van der Waals surface area contributed by atoms with Crippen LogP contribution in [-0.2, 0) is 0 Å². The van der Waals surface area contributed by atoms with E-state index in [9.17, 15) is 0 Å². The zero-order valence-corrected chi connectivity index (χ0v) is 11.4. The zero-order valence-electron chi connectivity index (χ0n) is 11.4. The van der Waals surface area contributed by atoms with Crippen LogP contribution in [0, 0.1) is 20.8 Å². The fourth-order valence-corrected chi connectivity index (χ4v) is 2.51. The van der Waals surface area contributed by atoms with Crippen LogP contribution in [0.1, 0.15) is 16.7 Å². The minimum atomic E-state index is 1.00. The molecule has 3 rings (SSSR count). The monoisotopic (exact) mass is 248 g/mol. The third kappa shape index (κ3) is 2.22. The van der Waals surface area contributed by atoms with Gasteiger partial charge in [0.05, 0.1) is 11.2 Å². The highest BCUT2D eigenvalue weighted by Crippen LogP contribution is 2.27. The summed E-state index contributed by atoms with van der Waals surface area (Å²) in [4.78, 5) is 8.84. The van der Waals surface area contributed by atoms with Crippen LogP contribution in [0.25, 0.3) is 22.2 Å². The van der Waals surface area contributed by atoms with Gasteiger partial charge in [-0.25, -0.2) is 9.97 Å². The highest BCUT2D eigenvalue weighted by Gasteiger charge is 2.07. The molecular formula is C17H16N2. The number of aromatic nitrogens is 2. The van der Waals surface area contributed by atoms with Crippen LogP contribution in [0.3, 0.4) is 0 Å². The lowest BCUT2D eigenvalue weighted by Crippen LogP contribution is -1.91. The van der Waals surface area contributed by atoms with E-state index in [-0.39, 0.29) is 0 Å². The molecule has 3 aromatic rings. The molecule has 0 aliphatic heterocycles. The van der Waals surface area contributed by atoms with Gasteiger partial charge in [0.1, 0.15) is 6.33 Å². The molecule has 0 atom stereocenters. The van der Waals surface area contributed by atoms with Crippen LogP contribution >= 0.6 is 0 Å². The van der Waals surface area contributed by atoms with Gasteiger partial charge in [0.2, 0.25) is 0 Å². The molecule has 0 bridgehead atoms. The Labute approximate surface area is 113 Å². The van der Waals surface area contributed by atoms with Crippen molar-refractivity contribution < 1.29 is 0 Å². The lowest BCUT2D eigenvalue weighted by molar-refractivity contribution is 1.22. The first-order chi connectivity index (χ1) is 9.13. The van der Waals surface area contributed by atoms with E-state index in [1.165, 1.54) is 16.7 Å². The molecule has 0 N–H and O–H groups in total. The molecular weight excluding hydrogens is 232 g/mol. The Kier molecular flexibility index (Phi) is 2.79. The molecule has 0 saturated heterocycles. The predicted octanol–water partition coefficient (Wildman–Crippen LogP) is 4.22. The first kappa shape index (κ1) is 11.8. The Morgan fingerprint density at radius 1 is 0.737 bits per heavy atom. The van der Waals surface area contributed by atoms with Gasteiger partial charge in [-0.2, -0.15) is 0 Å². The van der Waals surface area contributed by atoms with Gasteiger partial charge in [-0.1, -0.05) is 29.3 Å². The standard InChI is InChI=1S/C17H16N2/c1-11-4-5-15-16(9-11)18-10-19-17(15)14-7-12(2)6-13(3)8-14/h4-10H,1-3H3. The van der Waals surface area contributed by atoms with Crippen LogP contribution in [0.5, 0.6) is 0 Å². The first-order valence-electron chi connectivity index (χ1n) is 6.43. The van der Waals surface area contributed by atoms with Gasteiger partial charge in [-0.15, -0.1) is 0 Å². The van der Waals surface area contributed by atoms with Crippen molar-refractivity contribution in [2.75, 3.05) is 0 Å². The summed E-state index contributed by atoms with van der Waals surface area (Å²) in [6.45, 7) is 6.31. The van der Waals surface area contributed by atoms with Crippen molar-refractivity contribution in [3.05, 3.63) is 59.4 Å². The fraction of sp³-hybridized carbons (Fsp3) is 0.176. The molecule has 0 amide bonds. The third-order valence-electron chi connectivity index (χ3n) is 3.29. The average molecular weight is 248 g/mol. The van der Waals surface area contributed by atoms with Gasteiger partial charge in [-0.05, 0) is 44.5 Å². The molecule has 0 fully saturated rings. The molecule has 94 valence electrons. The summed E-state index contributed by atoms with van der Waals surface area (Å²) in [6.07, 6.45) is 1.65. The summed E-state index contributed by atoms with van der Waals surface area (Å²) in [5.74, 6) is 0. The van der Waals surface area contributed by atoms with Crippen LogP contribution in [0.4, 0.5) is 0 Å². The quantitative estimate of drug-likeness (QED) is 0.644. The number of hydrogen-bond acceptors (Lipinski definition) is 2. The number of rotatable bonds is 1. The van der Waals surface area contributed by atoms with Gasteiger partial charge >= 0.3 is 0 Å². The average Bonchev–Trinajstić information content (AvgIpc) is 2.36. The Balaban J connectivity index is 2.30.